The van der Waals surface area contributed by atoms with Crippen molar-refractivity contribution in [1.29, 1.82) is 0 Å². The number of carbonyl (C=O) groups excluding carboxylic acids is 1. The summed E-state index contributed by atoms with van der Waals surface area (Å²) in [6.07, 6.45) is -0.456. The molecule has 3 nitrogen and oxygen atoms in total. The molecule has 4 heteroatoms. The summed E-state index contributed by atoms with van der Waals surface area (Å²) in [7, 11) is 0. The second-order valence-corrected chi connectivity index (χ2v) is 3.58. The van der Waals surface area contributed by atoms with Crippen LogP contribution in [0.15, 0.2) is 24.3 Å². The number of ether oxygens (including phenoxy) is 1. The Balaban J connectivity index is 2.52. The number of halogens is 1. The zero-order valence-electron chi connectivity index (χ0n) is 8.08. The molecule has 0 unspecified atom stereocenters. The molecule has 0 bridgehead atoms. The van der Waals surface area contributed by atoms with Gasteiger partial charge in [-0.05, 0) is 38.1 Å². The Morgan fingerprint density at radius 2 is 1.93 bits per heavy atom. The molecule has 0 saturated carbocycles. The number of nitrogens with one attached hydrogen (secondary N) is 1. The third-order valence-corrected chi connectivity index (χ3v) is 1.68. The summed E-state index contributed by atoms with van der Waals surface area (Å²) >= 11 is 5.68. The molecule has 0 aliphatic rings. The van der Waals surface area contributed by atoms with Crippen molar-refractivity contribution in [3.05, 3.63) is 29.3 Å². The standard InChI is InChI=1S/C10H12ClNO2/c1-7(2)12-10(13)14-9-5-3-8(11)4-6-9/h3-7H,1-2H3,(H,12,13). The summed E-state index contributed by atoms with van der Waals surface area (Å²) < 4.78 is 4.97. The summed E-state index contributed by atoms with van der Waals surface area (Å²) in [5.74, 6) is 0.479. The molecule has 0 fully saturated rings. The van der Waals surface area contributed by atoms with Crippen LogP contribution < -0.4 is 10.1 Å². The highest BCUT2D eigenvalue weighted by Gasteiger charge is 2.04. The molecule has 0 spiro atoms. The van der Waals surface area contributed by atoms with E-state index in [0.29, 0.717) is 10.8 Å². The lowest BCUT2D eigenvalue weighted by molar-refractivity contribution is 0.198. The number of hydrogen-bond acceptors (Lipinski definition) is 2. The van der Waals surface area contributed by atoms with Crippen LogP contribution in [0, 0.1) is 0 Å². The third-order valence-electron chi connectivity index (χ3n) is 1.43. The molecule has 0 aliphatic carbocycles. The Labute approximate surface area is 88.0 Å². The fourth-order valence-corrected chi connectivity index (χ4v) is 1.00. The summed E-state index contributed by atoms with van der Waals surface area (Å²) in [6.45, 7) is 3.73. The first-order chi connectivity index (χ1) is 6.58. The zero-order chi connectivity index (χ0) is 10.6. The van der Waals surface area contributed by atoms with Crippen molar-refractivity contribution in [2.24, 2.45) is 0 Å². The molecule has 1 aromatic rings. The average Bonchev–Trinajstić information content (AvgIpc) is 2.07. The number of amides is 1. The SMILES string of the molecule is CC(C)NC(=O)Oc1ccc(Cl)cc1. The van der Waals surface area contributed by atoms with Gasteiger partial charge in [-0.1, -0.05) is 11.6 Å². The van der Waals surface area contributed by atoms with Gasteiger partial charge in [0, 0.05) is 11.1 Å². The van der Waals surface area contributed by atoms with Crippen molar-refractivity contribution in [3.63, 3.8) is 0 Å². The van der Waals surface area contributed by atoms with Crippen LogP contribution in [-0.4, -0.2) is 12.1 Å². The highest BCUT2D eigenvalue weighted by atomic mass is 35.5. The van der Waals surface area contributed by atoms with Crippen molar-refractivity contribution < 1.29 is 9.53 Å². The van der Waals surface area contributed by atoms with Crippen LogP contribution in [0.3, 0.4) is 0 Å². The first-order valence-electron chi connectivity index (χ1n) is 4.32. The topological polar surface area (TPSA) is 38.3 Å². The Morgan fingerprint density at radius 1 is 1.36 bits per heavy atom. The maximum absolute atomic E-state index is 11.1. The summed E-state index contributed by atoms with van der Waals surface area (Å²) in [5, 5.41) is 3.22. The minimum atomic E-state index is -0.456. The van der Waals surface area contributed by atoms with Crippen LogP contribution in [0.2, 0.25) is 5.02 Å². The van der Waals surface area contributed by atoms with Crippen molar-refractivity contribution in [2.75, 3.05) is 0 Å². The Kier molecular flexibility index (Phi) is 3.77. The normalized spacial score (nSPS) is 10.0. The molecule has 14 heavy (non-hydrogen) atoms. The first-order valence-corrected chi connectivity index (χ1v) is 4.69. The molecular weight excluding hydrogens is 202 g/mol. The van der Waals surface area contributed by atoms with Gasteiger partial charge in [0.2, 0.25) is 0 Å². The van der Waals surface area contributed by atoms with Crippen LogP contribution in [0.25, 0.3) is 0 Å². The van der Waals surface area contributed by atoms with Crippen LogP contribution in [0.5, 0.6) is 5.75 Å². The number of benzene rings is 1. The second kappa shape index (κ2) is 4.86. The lowest BCUT2D eigenvalue weighted by Crippen LogP contribution is -2.32. The summed E-state index contributed by atoms with van der Waals surface area (Å²) in [4.78, 5) is 11.1. The number of hydrogen-bond donors (Lipinski definition) is 1. The maximum Gasteiger partial charge on any atom is 0.412 e. The average molecular weight is 214 g/mol. The van der Waals surface area contributed by atoms with Crippen LogP contribution in [0.1, 0.15) is 13.8 Å². The van der Waals surface area contributed by atoms with Crippen LogP contribution in [-0.2, 0) is 0 Å². The molecule has 1 N–H and O–H groups in total. The molecule has 76 valence electrons. The van der Waals surface area contributed by atoms with Gasteiger partial charge in [-0.3, -0.25) is 0 Å². The smallest absolute Gasteiger partial charge is 0.410 e. The van der Waals surface area contributed by atoms with E-state index >= 15 is 0 Å². The minimum Gasteiger partial charge on any atom is -0.410 e. The number of rotatable bonds is 2. The highest BCUT2D eigenvalue weighted by molar-refractivity contribution is 6.30. The molecule has 0 aliphatic heterocycles. The van der Waals surface area contributed by atoms with E-state index in [-0.39, 0.29) is 6.04 Å². The predicted octanol–water partition coefficient (Wildman–Crippen LogP) is 2.84. The zero-order valence-corrected chi connectivity index (χ0v) is 8.84. The van der Waals surface area contributed by atoms with Gasteiger partial charge in [0.25, 0.3) is 0 Å². The van der Waals surface area contributed by atoms with E-state index in [1.54, 1.807) is 24.3 Å². The molecule has 1 amide bonds. The molecule has 1 rings (SSSR count). The minimum absolute atomic E-state index is 0.0646. The molecule has 0 saturated heterocycles. The van der Waals surface area contributed by atoms with Crippen LogP contribution in [0.4, 0.5) is 4.79 Å². The van der Waals surface area contributed by atoms with E-state index in [2.05, 4.69) is 5.32 Å². The van der Waals surface area contributed by atoms with E-state index in [1.165, 1.54) is 0 Å². The summed E-state index contributed by atoms with van der Waals surface area (Å²) in [5.41, 5.74) is 0. The van der Waals surface area contributed by atoms with E-state index < -0.39 is 6.09 Å². The van der Waals surface area contributed by atoms with Gasteiger partial charge >= 0.3 is 6.09 Å². The van der Waals surface area contributed by atoms with Gasteiger partial charge in [0.15, 0.2) is 0 Å². The Morgan fingerprint density at radius 3 is 2.43 bits per heavy atom. The van der Waals surface area contributed by atoms with Crippen molar-refractivity contribution >= 4 is 17.7 Å². The van der Waals surface area contributed by atoms with Gasteiger partial charge in [0.05, 0.1) is 0 Å². The predicted molar refractivity (Wildman–Crippen MR) is 55.7 cm³/mol. The molecule has 0 radical (unpaired) electrons. The summed E-state index contributed by atoms with van der Waals surface area (Å²) in [6, 6.07) is 6.68. The monoisotopic (exact) mass is 213 g/mol. The third kappa shape index (κ3) is 3.66. The molecular formula is C10H12ClNO2. The second-order valence-electron chi connectivity index (χ2n) is 3.14. The Bertz CT molecular complexity index is 308. The highest BCUT2D eigenvalue weighted by Crippen LogP contribution is 2.15. The van der Waals surface area contributed by atoms with E-state index in [9.17, 15) is 4.79 Å². The number of carbonyl (C=O) groups is 1. The largest absolute Gasteiger partial charge is 0.412 e. The van der Waals surface area contributed by atoms with Crippen molar-refractivity contribution in [2.45, 2.75) is 19.9 Å². The fourth-order valence-electron chi connectivity index (χ4n) is 0.875. The quantitative estimate of drug-likeness (QED) is 0.821. The van der Waals surface area contributed by atoms with Gasteiger partial charge in [-0.15, -0.1) is 0 Å². The van der Waals surface area contributed by atoms with Gasteiger partial charge < -0.3 is 10.1 Å². The molecule has 0 atom stereocenters. The van der Waals surface area contributed by atoms with E-state index in [4.69, 9.17) is 16.3 Å². The van der Waals surface area contributed by atoms with Gasteiger partial charge in [-0.2, -0.15) is 0 Å². The molecule has 1 aromatic carbocycles. The lowest BCUT2D eigenvalue weighted by atomic mass is 10.3. The van der Waals surface area contributed by atoms with Gasteiger partial charge in [-0.25, -0.2) is 4.79 Å². The first kappa shape index (κ1) is 10.9. The van der Waals surface area contributed by atoms with E-state index in [0.717, 1.165) is 0 Å². The van der Waals surface area contributed by atoms with Crippen LogP contribution >= 0.6 is 11.6 Å². The van der Waals surface area contributed by atoms with Crippen molar-refractivity contribution in [1.82, 2.24) is 5.32 Å². The van der Waals surface area contributed by atoms with Gasteiger partial charge in [0.1, 0.15) is 5.75 Å². The lowest BCUT2D eigenvalue weighted by Gasteiger charge is -2.08. The van der Waals surface area contributed by atoms with E-state index in [1.807, 2.05) is 13.8 Å². The molecule has 0 aromatic heterocycles. The fraction of sp³-hybridized carbons (Fsp3) is 0.300. The van der Waals surface area contributed by atoms with Crippen molar-refractivity contribution in [3.8, 4) is 5.75 Å². The molecule has 0 heterocycles. The maximum atomic E-state index is 11.1. The Hall–Kier alpha value is -1.22.